The number of phenols is 1. The Bertz CT molecular complexity index is 320. The second kappa shape index (κ2) is 2.47. The SMILES string of the molecule is CC1CCc2c(O)cc(F)cc21. The van der Waals surface area contributed by atoms with Crippen LogP contribution in [0.4, 0.5) is 4.39 Å². The third kappa shape index (κ3) is 0.986. The van der Waals surface area contributed by atoms with Gasteiger partial charge in [-0.1, -0.05) is 6.92 Å². The minimum absolute atomic E-state index is 0.120. The van der Waals surface area contributed by atoms with Gasteiger partial charge in [-0.3, -0.25) is 0 Å². The molecule has 0 radical (unpaired) electrons. The van der Waals surface area contributed by atoms with E-state index in [-0.39, 0.29) is 11.6 Å². The van der Waals surface area contributed by atoms with Gasteiger partial charge in [0.25, 0.3) is 0 Å². The van der Waals surface area contributed by atoms with Crippen molar-refractivity contribution in [3.05, 3.63) is 29.1 Å². The first kappa shape index (κ1) is 7.59. The number of hydrogen-bond acceptors (Lipinski definition) is 1. The number of rotatable bonds is 0. The van der Waals surface area contributed by atoms with E-state index in [0.717, 1.165) is 24.0 Å². The molecule has 0 amide bonds. The van der Waals surface area contributed by atoms with Gasteiger partial charge in [0.15, 0.2) is 0 Å². The Morgan fingerprint density at radius 3 is 3.00 bits per heavy atom. The normalized spacial score (nSPS) is 21.0. The van der Waals surface area contributed by atoms with Crippen molar-refractivity contribution in [3.63, 3.8) is 0 Å². The predicted octanol–water partition coefficient (Wildman–Crippen LogP) is 2.58. The second-order valence-electron chi connectivity index (χ2n) is 3.43. The van der Waals surface area contributed by atoms with Crippen LogP contribution in [0.5, 0.6) is 5.75 Å². The average Bonchev–Trinajstić information content (AvgIpc) is 2.33. The first-order chi connectivity index (χ1) is 5.68. The topological polar surface area (TPSA) is 20.2 Å². The third-order valence-corrected chi connectivity index (χ3v) is 2.58. The average molecular weight is 166 g/mol. The smallest absolute Gasteiger partial charge is 0.127 e. The zero-order valence-electron chi connectivity index (χ0n) is 6.97. The number of aromatic hydroxyl groups is 1. The molecule has 1 aliphatic carbocycles. The fraction of sp³-hybridized carbons (Fsp3) is 0.400. The molecule has 0 spiro atoms. The van der Waals surface area contributed by atoms with Crippen LogP contribution < -0.4 is 0 Å². The molecule has 0 aromatic heterocycles. The number of halogens is 1. The first-order valence-corrected chi connectivity index (χ1v) is 4.20. The van der Waals surface area contributed by atoms with Crippen molar-refractivity contribution in [2.24, 2.45) is 0 Å². The monoisotopic (exact) mass is 166 g/mol. The predicted molar refractivity (Wildman–Crippen MR) is 44.8 cm³/mol. The number of fused-ring (bicyclic) bond motifs is 1. The van der Waals surface area contributed by atoms with Gasteiger partial charge in [-0.2, -0.15) is 0 Å². The van der Waals surface area contributed by atoms with E-state index in [2.05, 4.69) is 6.92 Å². The lowest BCUT2D eigenvalue weighted by Gasteiger charge is -2.05. The largest absolute Gasteiger partial charge is 0.508 e. The Morgan fingerprint density at radius 2 is 2.25 bits per heavy atom. The first-order valence-electron chi connectivity index (χ1n) is 4.20. The molecule has 1 aromatic rings. The second-order valence-corrected chi connectivity index (χ2v) is 3.43. The molecule has 0 heterocycles. The van der Waals surface area contributed by atoms with Crippen molar-refractivity contribution in [1.82, 2.24) is 0 Å². The maximum Gasteiger partial charge on any atom is 0.127 e. The highest BCUT2D eigenvalue weighted by atomic mass is 19.1. The van der Waals surface area contributed by atoms with E-state index in [1.54, 1.807) is 0 Å². The highest BCUT2D eigenvalue weighted by Crippen LogP contribution is 2.37. The van der Waals surface area contributed by atoms with Crippen LogP contribution in [0.3, 0.4) is 0 Å². The minimum Gasteiger partial charge on any atom is -0.508 e. The highest BCUT2D eigenvalue weighted by Gasteiger charge is 2.22. The summed E-state index contributed by atoms with van der Waals surface area (Å²) in [6.07, 6.45) is 1.90. The van der Waals surface area contributed by atoms with Gasteiger partial charge < -0.3 is 5.11 Å². The Morgan fingerprint density at radius 1 is 1.50 bits per heavy atom. The van der Waals surface area contributed by atoms with Gasteiger partial charge in [-0.15, -0.1) is 0 Å². The van der Waals surface area contributed by atoms with Crippen LogP contribution in [0.2, 0.25) is 0 Å². The molecule has 0 aliphatic heterocycles. The van der Waals surface area contributed by atoms with Crippen LogP contribution in [0, 0.1) is 5.82 Å². The van der Waals surface area contributed by atoms with Crippen LogP contribution in [-0.4, -0.2) is 5.11 Å². The molecule has 1 N–H and O–H groups in total. The van der Waals surface area contributed by atoms with Gasteiger partial charge >= 0.3 is 0 Å². The van der Waals surface area contributed by atoms with Crippen molar-refractivity contribution in [2.45, 2.75) is 25.7 Å². The van der Waals surface area contributed by atoms with E-state index in [1.807, 2.05) is 0 Å². The standard InChI is InChI=1S/C10H11FO/c1-6-2-3-8-9(6)4-7(11)5-10(8)12/h4-6,12H,2-3H2,1H3. The van der Waals surface area contributed by atoms with Crippen LogP contribution >= 0.6 is 0 Å². The Balaban J connectivity index is 2.60. The van der Waals surface area contributed by atoms with Gasteiger partial charge in [0.1, 0.15) is 11.6 Å². The van der Waals surface area contributed by atoms with Crippen LogP contribution in [0.25, 0.3) is 0 Å². The molecule has 1 nitrogen and oxygen atoms in total. The Labute approximate surface area is 70.8 Å². The van der Waals surface area contributed by atoms with Gasteiger partial charge in [0, 0.05) is 6.07 Å². The lowest BCUT2D eigenvalue weighted by Crippen LogP contribution is -1.88. The summed E-state index contributed by atoms with van der Waals surface area (Å²) >= 11 is 0. The number of benzene rings is 1. The van der Waals surface area contributed by atoms with Crippen LogP contribution in [-0.2, 0) is 6.42 Å². The Hall–Kier alpha value is -1.05. The van der Waals surface area contributed by atoms with Gasteiger partial charge in [0.2, 0.25) is 0 Å². The van der Waals surface area contributed by atoms with Crippen LogP contribution in [0.15, 0.2) is 12.1 Å². The molecule has 0 fully saturated rings. The molecule has 64 valence electrons. The van der Waals surface area contributed by atoms with E-state index in [9.17, 15) is 9.50 Å². The van der Waals surface area contributed by atoms with E-state index in [0.29, 0.717) is 5.92 Å². The summed E-state index contributed by atoms with van der Waals surface area (Å²) in [6, 6.07) is 2.73. The van der Waals surface area contributed by atoms with E-state index < -0.39 is 0 Å². The van der Waals surface area contributed by atoms with Crippen molar-refractivity contribution >= 4 is 0 Å². The molecule has 1 aliphatic rings. The number of hydrogen-bond donors (Lipinski definition) is 1. The molecule has 1 unspecified atom stereocenters. The lowest BCUT2D eigenvalue weighted by atomic mass is 10.0. The molecule has 0 saturated heterocycles. The molecular formula is C10H11FO. The summed E-state index contributed by atoms with van der Waals surface area (Å²) in [4.78, 5) is 0. The van der Waals surface area contributed by atoms with Crippen molar-refractivity contribution < 1.29 is 9.50 Å². The molecule has 0 saturated carbocycles. The lowest BCUT2D eigenvalue weighted by molar-refractivity contribution is 0.463. The van der Waals surface area contributed by atoms with E-state index in [4.69, 9.17) is 0 Å². The maximum atomic E-state index is 12.8. The molecule has 2 rings (SSSR count). The van der Waals surface area contributed by atoms with Gasteiger partial charge in [-0.25, -0.2) is 4.39 Å². The Kier molecular flexibility index (Phi) is 1.56. The van der Waals surface area contributed by atoms with E-state index >= 15 is 0 Å². The van der Waals surface area contributed by atoms with Crippen molar-refractivity contribution in [2.75, 3.05) is 0 Å². The van der Waals surface area contributed by atoms with Crippen LogP contribution in [0.1, 0.15) is 30.4 Å². The third-order valence-electron chi connectivity index (χ3n) is 2.58. The van der Waals surface area contributed by atoms with Crippen molar-refractivity contribution in [3.8, 4) is 5.75 Å². The molecule has 1 aromatic carbocycles. The maximum absolute atomic E-state index is 12.8. The number of phenolic OH excluding ortho intramolecular Hbond substituents is 1. The summed E-state index contributed by atoms with van der Waals surface area (Å²) in [6.45, 7) is 2.06. The van der Waals surface area contributed by atoms with Crippen molar-refractivity contribution in [1.29, 1.82) is 0 Å². The molecule has 2 heteroatoms. The molecule has 12 heavy (non-hydrogen) atoms. The van der Waals surface area contributed by atoms with Gasteiger partial charge in [-0.05, 0) is 36.0 Å². The molecular weight excluding hydrogens is 155 g/mol. The fourth-order valence-corrected chi connectivity index (χ4v) is 1.87. The van der Waals surface area contributed by atoms with E-state index in [1.165, 1.54) is 12.1 Å². The fourth-order valence-electron chi connectivity index (χ4n) is 1.87. The minimum atomic E-state index is -0.333. The van der Waals surface area contributed by atoms with Gasteiger partial charge in [0.05, 0.1) is 0 Å². The zero-order chi connectivity index (χ0) is 8.72. The summed E-state index contributed by atoms with van der Waals surface area (Å²) < 4.78 is 12.8. The summed E-state index contributed by atoms with van der Waals surface area (Å²) in [7, 11) is 0. The summed E-state index contributed by atoms with van der Waals surface area (Å²) in [5, 5.41) is 9.39. The quantitative estimate of drug-likeness (QED) is 0.628. The summed E-state index contributed by atoms with van der Waals surface area (Å²) in [5.74, 6) is 0.177. The zero-order valence-corrected chi connectivity index (χ0v) is 6.97. The molecule has 0 bridgehead atoms. The summed E-state index contributed by atoms with van der Waals surface area (Å²) in [5.41, 5.74) is 1.91. The molecule has 1 atom stereocenters. The highest BCUT2D eigenvalue weighted by molar-refractivity contribution is 5.44.